The molecular weight excluding hydrogens is 264 g/mol. The first-order valence-electron chi connectivity index (χ1n) is 6.69. The fraction of sp³-hybridized carbons (Fsp3) is 0.176. The minimum atomic E-state index is -0.149. The summed E-state index contributed by atoms with van der Waals surface area (Å²) in [6.07, 6.45) is 1.92. The molecule has 0 fully saturated rings. The van der Waals surface area contributed by atoms with Gasteiger partial charge in [-0.2, -0.15) is 5.10 Å². The molecule has 0 aliphatic heterocycles. The third-order valence-electron chi connectivity index (χ3n) is 2.97. The number of benzene rings is 2. The van der Waals surface area contributed by atoms with Crippen molar-refractivity contribution in [3.8, 4) is 5.75 Å². The van der Waals surface area contributed by atoms with Gasteiger partial charge in [0.2, 0.25) is 5.91 Å². The molecule has 0 bridgehead atoms. The molecule has 0 radical (unpaired) electrons. The molecular formula is C17H18N2O2. The number of hydrogen-bond donors (Lipinski definition) is 1. The van der Waals surface area contributed by atoms with Crippen molar-refractivity contribution in [3.63, 3.8) is 0 Å². The molecule has 1 N–H and O–H groups in total. The second-order valence-electron chi connectivity index (χ2n) is 4.73. The molecule has 0 aliphatic carbocycles. The number of amides is 1. The van der Waals surface area contributed by atoms with E-state index < -0.39 is 0 Å². The van der Waals surface area contributed by atoms with E-state index in [1.165, 1.54) is 0 Å². The minimum absolute atomic E-state index is 0.149. The lowest BCUT2D eigenvalue weighted by Gasteiger charge is -2.02. The number of nitrogens with zero attached hydrogens (tertiary/aromatic N) is 1. The maximum atomic E-state index is 11.8. The number of carbonyl (C=O) groups excluding carboxylic acids is 1. The summed E-state index contributed by atoms with van der Waals surface area (Å²) < 4.78 is 5.07. The zero-order chi connectivity index (χ0) is 15.1. The van der Waals surface area contributed by atoms with Gasteiger partial charge in [0.15, 0.2) is 0 Å². The lowest BCUT2D eigenvalue weighted by Crippen LogP contribution is -2.19. The van der Waals surface area contributed by atoms with E-state index in [9.17, 15) is 4.79 Å². The van der Waals surface area contributed by atoms with Crippen molar-refractivity contribution in [1.82, 2.24) is 5.43 Å². The summed E-state index contributed by atoms with van der Waals surface area (Å²) in [6, 6.07) is 15.3. The van der Waals surface area contributed by atoms with Gasteiger partial charge in [-0.1, -0.05) is 42.0 Å². The van der Waals surface area contributed by atoms with E-state index in [-0.39, 0.29) is 12.3 Å². The average Bonchev–Trinajstić information content (AvgIpc) is 2.48. The normalized spacial score (nSPS) is 10.6. The fourth-order valence-corrected chi connectivity index (χ4v) is 1.90. The van der Waals surface area contributed by atoms with Gasteiger partial charge in [0, 0.05) is 0 Å². The van der Waals surface area contributed by atoms with E-state index in [4.69, 9.17) is 4.74 Å². The summed E-state index contributed by atoms with van der Waals surface area (Å²) in [5.74, 6) is 0.626. The molecule has 0 heterocycles. The molecule has 0 atom stereocenters. The second-order valence-corrected chi connectivity index (χ2v) is 4.73. The van der Waals surface area contributed by atoms with E-state index in [0.717, 1.165) is 22.4 Å². The summed E-state index contributed by atoms with van der Waals surface area (Å²) in [5.41, 5.74) is 5.56. The van der Waals surface area contributed by atoms with Crippen LogP contribution < -0.4 is 10.2 Å². The van der Waals surface area contributed by atoms with Crippen molar-refractivity contribution in [1.29, 1.82) is 0 Å². The van der Waals surface area contributed by atoms with Crippen LogP contribution in [0, 0.1) is 6.92 Å². The largest absolute Gasteiger partial charge is 0.497 e. The predicted octanol–water partition coefficient (Wildman–Crippen LogP) is 2.70. The van der Waals surface area contributed by atoms with Crippen molar-refractivity contribution >= 4 is 12.1 Å². The topological polar surface area (TPSA) is 50.7 Å². The molecule has 4 nitrogen and oxygen atoms in total. The summed E-state index contributed by atoms with van der Waals surface area (Å²) in [6.45, 7) is 2.01. The third-order valence-corrected chi connectivity index (χ3v) is 2.97. The number of hydrazone groups is 1. The van der Waals surface area contributed by atoms with E-state index in [1.807, 2.05) is 55.5 Å². The first-order chi connectivity index (χ1) is 10.2. The highest BCUT2D eigenvalue weighted by Gasteiger charge is 2.02. The van der Waals surface area contributed by atoms with Crippen molar-refractivity contribution in [2.75, 3.05) is 7.11 Å². The summed E-state index contributed by atoms with van der Waals surface area (Å²) >= 11 is 0. The predicted molar refractivity (Wildman–Crippen MR) is 83.6 cm³/mol. The molecule has 0 spiro atoms. The molecule has 1 amide bonds. The molecule has 0 aromatic heterocycles. The summed E-state index contributed by atoms with van der Waals surface area (Å²) in [4.78, 5) is 11.8. The Bertz CT molecular complexity index is 633. The highest BCUT2D eigenvalue weighted by atomic mass is 16.5. The lowest BCUT2D eigenvalue weighted by molar-refractivity contribution is -0.120. The van der Waals surface area contributed by atoms with Gasteiger partial charge in [0.1, 0.15) is 5.75 Å². The van der Waals surface area contributed by atoms with Gasteiger partial charge < -0.3 is 4.74 Å². The van der Waals surface area contributed by atoms with Gasteiger partial charge in [-0.3, -0.25) is 4.79 Å². The first-order valence-corrected chi connectivity index (χ1v) is 6.69. The van der Waals surface area contributed by atoms with Crippen LogP contribution in [0.15, 0.2) is 53.6 Å². The number of rotatable bonds is 5. The van der Waals surface area contributed by atoms with E-state index >= 15 is 0 Å². The molecule has 0 saturated heterocycles. The maximum absolute atomic E-state index is 11.8. The van der Waals surface area contributed by atoms with E-state index in [1.54, 1.807) is 13.3 Å². The molecule has 4 heteroatoms. The van der Waals surface area contributed by atoms with Crippen LogP contribution >= 0.6 is 0 Å². The Hall–Kier alpha value is -2.62. The van der Waals surface area contributed by atoms with Crippen molar-refractivity contribution in [2.24, 2.45) is 5.10 Å². The number of hydrogen-bond acceptors (Lipinski definition) is 3. The number of nitrogens with one attached hydrogen (secondary N) is 1. The highest BCUT2D eigenvalue weighted by Crippen LogP contribution is 2.11. The summed E-state index contributed by atoms with van der Waals surface area (Å²) in [7, 11) is 1.61. The van der Waals surface area contributed by atoms with Crippen LogP contribution in [0.4, 0.5) is 0 Å². The second kappa shape index (κ2) is 7.24. The van der Waals surface area contributed by atoms with Gasteiger partial charge in [-0.05, 0) is 30.2 Å². The minimum Gasteiger partial charge on any atom is -0.497 e. The van der Waals surface area contributed by atoms with Crippen LogP contribution in [0.3, 0.4) is 0 Å². The van der Waals surface area contributed by atoms with Crippen LogP contribution in [0.25, 0.3) is 0 Å². The Kier molecular flexibility index (Phi) is 5.10. The Morgan fingerprint density at radius 3 is 2.67 bits per heavy atom. The molecule has 2 rings (SSSR count). The number of aryl methyl sites for hydroxylation is 1. The molecule has 108 valence electrons. The Labute approximate surface area is 124 Å². The first kappa shape index (κ1) is 14.8. The molecule has 0 unspecified atom stereocenters. The molecule has 21 heavy (non-hydrogen) atoms. The lowest BCUT2D eigenvalue weighted by atomic mass is 10.1. The SMILES string of the molecule is COc1ccc(CC(=O)NN=Cc2cccc(C)c2)cc1. The van der Waals surface area contributed by atoms with Crippen LogP contribution in [-0.2, 0) is 11.2 Å². The Morgan fingerprint density at radius 1 is 1.24 bits per heavy atom. The average molecular weight is 282 g/mol. The fourth-order valence-electron chi connectivity index (χ4n) is 1.90. The van der Waals surface area contributed by atoms with Crippen molar-refractivity contribution < 1.29 is 9.53 Å². The third kappa shape index (κ3) is 4.76. The number of methoxy groups -OCH3 is 1. The van der Waals surface area contributed by atoms with Gasteiger partial charge >= 0.3 is 0 Å². The monoisotopic (exact) mass is 282 g/mol. The Morgan fingerprint density at radius 2 is 2.00 bits per heavy atom. The van der Waals surface area contributed by atoms with E-state index in [0.29, 0.717) is 0 Å². The number of ether oxygens (including phenoxy) is 1. The van der Waals surface area contributed by atoms with Crippen LogP contribution in [-0.4, -0.2) is 19.2 Å². The van der Waals surface area contributed by atoms with Crippen LogP contribution in [0.2, 0.25) is 0 Å². The highest BCUT2D eigenvalue weighted by molar-refractivity contribution is 5.83. The molecule has 2 aromatic carbocycles. The number of carbonyl (C=O) groups is 1. The van der Waals surface area contributed by atoms with Gasteiger partial charge in [0.05, 0.1) is 19.7 Å². The molecule has 2 aromatic rings. The quantitative estimate of drug-likeness (QED) is 0.677. The van der Waals surface area contributed by atoms with Gasteiger partial charge in [-0.15, -0.1) is 0 Å². The zero-order valence-corrected chi connectivity index (χ0v) is 12.2. The van der Waals surface area contributed by atoms with Crippen LogP contribution in [0.1, 0.15) is 16.7 Å². The Balaban J connectivity index is 1.86. The standard InChI is InChI=1S/C17H18N2O2/c1-13-4-3-5-15(10-13)12-18-19-17(20)11-14-6-8-16(21-2)9-7-14/h3-10,12H,11H2,1-2H3,(H,19,20). The van der Waals surface area contributed by atoms with Crippen molar-refractivity contribution in [3.05, 3.63) is 65.2 Å². The molecule has 0 saturated carbocycles. The van der Waals surface area contributed by atoms with Crippen molar-refractivity contribution in [2.45, 2.75) is 13.3 Å². The maximum Gasteiger partial charge on any atom is 0.244 e. The molecule has 0 aliphatic rings. The van der Waals surface area contributed by atoms with Gasteiger partial charge in [0.25, 0.3) is 0 Å². The van der Waals surface area contributed by atoms with E-state index in [2.05, 4.69) is 10.5 Å². The van der Waals surface area contributed by atoms with Gasteiger partial charge in [-0.25, -0.2) is 5.43 Å². The smallest absolute Gasteiger partial charge is 0.244 e. The van der Waals surface area contributed by atoms with Crippen LogP contribution in [0.5, 0.6) is 5.75 Å². The zero-order valence-electron chi connectivity index (χ0n) is 12.2. The summed E-state index contributed by atoms with van der Waals surface area (Å²) in [5, 5.41) is 3.96.